The molecule has 1 unspecified atom stereocenters. The molecule has 1 saturated carbocycles. The summed E-state index contributed by atoms with van der Waals surface area (Å²) in [6.07, 6.45) is 7.06. The molecule has 86 valence electrons. The molecule has 0 aliphatic heterocycles. The maximum atomic E-state index is 5.99. The maximum absolute atomic E-state index is 5.99. The number of nitrogens with two attached hydrogens (primary N) is 1. The van der Waals surface area contributed by atoms with Gasteiger partial charge in [-0.15, -0.1) is 0 Å². The first-order valence-corrected chi connectivity index (χ1v) is 6.17. The van der Waals surface area contributed by atoms with Crippen LogP contribution in [0.3, 0.4) is 0 Å². The third kappa shape index (κ3) is 2.73. The average Bonchev–Trinajstić information content (AvgIpc) is 2.24. The molecule has 0 aromatic heterocycles. The van der Waals surface area contributed by atoms with Crippen LogP contribution in [0.4, 0.5) is 0 Å². The zero-order valence-electron chi connectivity index (χ0n) is 10.3. The van der Waals surface area contributed by atoms with Gasteiger partial charge in [-0.25, -0.2) is 0 Å². The topological polar surface area (TPSA) is 26.0 Å². The zero-order valence-corrected chi connectivity index (χ0v) is 10.3. The highest BCUT2D eigenvalue weighted by atomic mass is 14.6. The Kier molecular flexibility index (Phi) is 3.45. The van der Waals surface area contributed by atoms with Crippen LogP contribution < -0.4 is 5.73 Å². The minimum Gasteiger partial charge on any atom is -0.327 e. The van der Waals surface area contributed by atoms with E-state index in [0.717, 1.165) is 6.42 Å². The predicted molar refractivity (Wildman–Crippen MR) is 70.3 cm³/mol. The van der Waals surface area contributed by atoms with Crippen molar-refractivity contribution < 1.29 is 0 Å². The molecule has 1 aliphatic rings. The lowest BCUT2D eigenvalue weighted by atomic mass is 9.90. The average molecular weight is 215 g/mol. The van der Waals surface area contributed by atoms with Crippen molar-refractivity contribution in [1.82, 2.24) is 0 Å². The molecule has 2 rings (SSSR count). The van der Waals surface area contributed by atoms with Crippen molar-refractivity contribution in [3.8, 4) is 0 Å². The normalized spacial score (nSPS) is 23.7. The number of hydrogen-bond acceptors (Lipinski definition) is 1. The Morgan fingerprint density at radius 1 is 1.25 bits per heavy atom. The summed E-state index contributed by atoms with van der Waals surface area (Å²) in [5, 5.41) is 0. The summed E-state index contributed by atoms with van der Waals surface area (Å²) in [5.74, 6) is 0. The van der Waals surface area contributed by atoms with Gasteiger partial charge in [-0.3, -0.25) is 0 Å². The summed E-state index contributed by atoms with van der Waals surface area (Å²) in [6, 6.07) is 7.05. The van der Waals surface area contributed by atoms with Crippen LogP contribution in [0.1, 0.15) is 42.4 Å². The largest absolute Gasteiger partial charge is 0.327 e. The Balaban J connectivity index is 2.18. The molecular formula is C15H21N. The van der Waals surface area contributed by atoms with Crippen LogP contribution in [0.5, 0.6) is 0 Å². The van der Waals surface area contributed by atoms with Gasteiger partial charge in [0.05, 0.1) is 0 Å². The van der Waals surface area contributed by atoms with Gasteiger partial charge in [0.1, 0.15) is 0 Å². The van der Waals surface area contributed by atoms with Crippen LogP contribution in [0, 0.1) is 13.8 Å². The molecule has 0 amide bonds. The van der Waals surface area contributed by atoms with Crippen LogP contribution in [0.2, 0.25) is 0 Å². The standard InChI is InChI=1S/C15H21N/c1-11-6-7-14(8-12(11)2)9-13-4-3-5-15(16)10-13/h6-9,15H,3-5,10,16H2,1-2H3. The maximum Gasteiger partial charge on any atom is 0.00763 e. The molecule has 0 bridgehead atoms. The van der Waals surface area contributed by atoms with Gasteiger partial charge in [0.2, 0.25) is 0 Å². The predicted octanol–water partition coefficient (Wildman–Crippen LogP) is 3.59. The van der Waals surface area contributed by atoms with Crippen molar-refractivity contribution in [2.45, 2.75) is 45.6 Å². The minimum absolute atomic E-state index is 0.381. The second-order valence-corrected chi connectivity index (χ2v) is 5.00. The Bertz CT molecular complexity index is 404. The van der Waals surface area contributed by atoms with E-state index in [1.54, 1.807) is 0 Å². The highest BCUT2D eigenvalue weighted by Gasteiger charge is 2.12. The van der Waals surface area contributed by atoms with Gasteiger partial charge in [-0.2, -0.15) is 0 Å². The molecule has 1 heteroatoms. The Morgan fingerprint density at radius 2 is 2.06 bits per heavy atom. The molecule has 0 spiro atoms. The molecule has 0 saturated heterocycles. The quantitative estimate of drug-likeness (QED) is 0.761. The number of rotatable bonds is 1. The summed E-state index contributed by atoms with van der Waals surface area (Å²) in [6.45, 7) is 4.33. The number of hydrogen-bond donors (Lipinski definition) is 1. The van der Waals surface area contributed by atoms with E-state index in [0.29, 0.717) is 6.04 Å². The van der Waals surface area contributed by atoms with E-state index in [-0.39, 0.29) is 0 Å². The second-order valence-electron chi connectivity index (χ2n) is 5.00. The fourth-order valence-electron chi connectivity index (χ4n) is 2.35. The second kappa shape index (κ2) is 4.84. The number of aryl methyl sites for hydroxylation is 2. The van der Waals surface area contributed by atoms with Crippen molar-refractivity contribution in [2.75, 3.05) is 0 Å². The molecule has 2 N–H and O–H groups in total. The van der Waals surface area contributed by atoms with Crippen molar-refractivity contribution in [1.29, 1.82) is 0 Å². The molecule has 0 heterocycles. The third-order valence-corrected chi connectivity index (χ3v) is 3.50. The van der Waals surface area contributed by atoms with Gasteiger partial charge in [-0.1, -0.05) is 29.8 Å². The first-order chi connectivity index (χ1) is 7.65. The first-order valence-electron chi connectivity index (χ1n) is 6.17. The molecule has 1 aromatic rings. The fraction of sp³-hybridized carbons (Fsp3) is 0.467. The van der Waals surface area contributed by atoms with Crippen LogP contribution >= 0.6 is 0 Å². The smallest absolute Gasteiger partial charge is 0.00763 e. The molecule has 1 atom stereocenters. The van der Waals surface area contributed by atoms with Gasteiger partial charge >= 0.3 is 0 Å². The monoisotopic (exact) mass is 215 g/mol. The van der Waals surface area contributed by atoms with Gasteiger partial charge in [0, 0.05) is 6.04 Å². The van der Waals surface area contributed by atoms with Crippen LogP contribution in [0.25, 0.3) is 6.08 Å². The Morgan fingerprint density at radius 3 is 2.75 bits per heavy atom. The number of benzene rings is 1. The van der Waals surface area contributed by atoms with E-state index in [2.05, 4.69) is 38.1 Å². The SMILES string of the molecule is Cc1ccc(C=C2CCCC(N)C2)cc1C. The van der Waals surface area contributed by atoms with Gasteiger partial charge in [-0.05, 0) is 56.2 Å². The van der Waals surface area contributed by atoms with E-state index >= 15 is 0 Å². The molecular weight excluding hydrogens is 194 g/mol. The van der Waals surface area contributed by atoms with E-state index < -0.39 is 0 Å². The van der Waals surface area contributed by atoms with Crippen molar-refractivity contribution in [3.05, 3.63) is 40.5 Å². The van der Waals surface area contributed by atoms with E-state index in [4.69, 9.17) is 5.73 Å². The van der Waals surface area contributed by atoms with E-state index in [1.807, 2.05) is 0 Å². The van der Waals surface area contributed by atoms with Gasteiger partial charge in [0.25, 0.3) is 0 Å². The molecule has 16 heavy (non-hydrogen) atoms. The van der Waals surface area contributed by atoms with Crippen molar-refractivity contribution in [2.24, 2.45) is 5.73 Å². The summed E-state index contributed by atoms with van der Waals surface area (Å²) in [4.78, 5) is 0. The lowest BCUT2D eigenvalue weighted by molar-refractivity contribution is 0.520. The van der Waals surface area contributed by atoms with Crippen molar-refractivity contribution >= 4 is 6.08 Å². The van der Waals surface area contributed by atoms with E-state index in [9.17, 15) is 0 Å². The molecule has 1 aromatic carbocycles. The highest BCUT2D eigenvalue weighted by Crippen LogP contribution is 2.24. The van der Waals surface area contributed by atoms with Gasteiger partial charge < -0.3 is 5.73 Å². The van der Waals surface area contributed by atoms with Gasteiger partial charge in [0.15, 0.2) is 0 Å². The molecule has 1 nitrogen and oxygen atoms in total. The summed E-state index contributed by atoms with van der Waals surface area (Å²) >= 11 is 0. The minimum atomic E-state index is 0.381. The van der Waals surface area contributed by atoms with Crippen LogP contribution in [-0.4, -0.2) is 6.04 Å². The fourth-order valence-corrected chi connectivity index (χ4v) is 2.35. The first kappa shape index (κ1) is 11.4. The van der Waals surface area contributed by atoms with Crippen molar-refractivity contribution in [3.63, 3.8) is 0 Å². The lowest BCUT2D eigenvalue weighted by Crippen LogP contribution is -2.23. The van der Waals surface area contributed by atoms with Crippen LogP contribution in [0.15, 0.2) is 23.8 Å². The highest BCUT2D eigenvalue weighted by molar-refractivity contribution is 5.55. The molecule has 1 fully saturated rings. The third-order valence-electron chi connectivity index (χ3n) is 3.50. The summed E-state index contributed by atoms with van der Waals surface area (Å²) < 4.78 is 0. The summed E-state index contributed by atoms with van der Waals surface area (Å²) in [7, 11) is 0. The van der Waals surface area contributed by atoms with E-state index in [1.165, 1.54) is 41.5 Å². The summed E-state index contributed by atoms with van der Waals surface area (Å²) in [5.41, 5.74) is 11.6. The lowest BCUT2D eigenvalue weighted by Gasteiger charge is -2.20. The Hall–Kier alpha value is -1.08. The van der Waals surface area contributed by atoms with Crippen LogP contribution in [-0.2, 0) is 0 Å². The Labute approximate surface area is 98.4 Å². The molecule has 0 radical (unpaired) electrons. The molecule has 1 aliphatic carbocycles. The zero-order chi connectivity index (χ0) is 11.5.